The summed E-state index contributed by atoms with van der Waals surface area (Å²) in [5.74, 6) is -1.36. The molecule has 4 aromatic rings. The Kier molecular flexibility index (Phi) is 2.69. The van der Waals surface area contributed by atoms with Gasteiger partial charge in [-0.3, -0.25) is 9.59 Å². The van der Waals surface area contributed by atoms with Crippen molar-refractivity contribution in [3.63, 3.8) is 0 Å². The number of carbonyl (C=O) groups excluding carboxylic acids is 2. The van der Waals surface area contributed by atoms with Crippen molar-refractivity contribution in [2.45, 2.75) is 0 Å². The first-order valence-corrected chi connectivity index (χ1v) is 6.78. The molecule has 22 heavy (non-hydrogen) atoms. The Balaban J connectivity index is 1.77. The zero-order valence-electron chi connectivity index (χ0n) is 11.4. The molecule has 0 atom stereocenters. The van der Waals surface area contributed by atoms with Crippen molar-refractivity contribution in [1.29, 1.82) is 0 Å². The molecule has 0 amide bonds. The number of hydrogen-bond donors (Lipinski definition) is 0. The highest BCUT2D eigenvalue weighted by atomic mass is 16.4. The molecule has 0 fully saturated rings. The lowest BCUT2D eigenvalue weighted by Gasteiger charge is -1.95. The highest BCUT2D eigenvalue weighted by molar-refractivity contribution is 6.49. The van der Waals surface area contributed by atoms with Gasteiger partial charge >= 0.3 is 0 Å². The van der Waals surface area contributed by atoms with Crippen LogP contribution in [0.1, 0.15) is 21.1 Å². The number of ketones is 2. The molecular weight excluding hydrogens is 280 g/mol. The normalized spacial score (nSPS) is 11.1. The van der Waals surface area contributed by atoms with E-state index < -0.39 is 11.6 Å². The van der Waals surface area contributed by atoms with Crippen LogP contribution in [0.3, 0.4) is 0 Å². The van der Waals surface area contributed by atoms with Crippen LogP contribution in [0.25, 0.3) is 21.7 Å². The maximum atomic E-state index is 12.4. The van der Waals surface area contributed by atoms with E-state index >= 15 is 0 Å². The maximum absolute atomic E-state index is 12.4. The lowest BCUT2D eigenvalue weighted by Crippen LogP contribution is -2.13. The summed E-state index contributed by atoms with van der Waals surface area (Å²) in [5, 5.41) is 2.18. The Labute approximate surface area is 124 Å². The summed E-state index contributed by atoms with van der Waals surface area (Å²) >= 11 is 0. The summed E-state index contributed by atoms with van der Waals surface area (Å²) in [6.07, 6.45) is 1.47. The Morgan fingerprint density at radius 3 is 2.36 bits per heavy atom. The van der Waals surface area contributed by atoms with Gasteiger partial charge in [0, 0.05) is 16.2 Å². The van der Waals surface area contributed by atoms with Gasteiger partial charge in [-0.15, -0.1) is 0 Å². The van der Waals surface area contributed by atoms with Gasteiger partial charge in [0.05, 0.1) is 6.26 Å². The summed E-state index contributed by atoms with van der Waals surface area (Å²) in [4.78, 5) is 24.7. The van der Waals surface area contributed by atoms with Gasteiger partial charge in [0.15, 0.2) is 11.5 Å². The molecule has 0 aliphatic carbocycles. The van der Waals surface area contributed by atoms with Crippen molar-refractivity contribution >= 4 is 33.3 Å². The van der Waals surface area contributed by atoms with Crippen molar-refractivity contribution in [3.8, 4) is 0 Å². The van der Waals surface area contributed by atoms with Crippen LogP contribution in [0.2, 0.25) is 0 Å². The molecular formula is C18H10O4. The fourth-order valence-electron chi connectivity index (χ4n) is 2.48. The second-order valence-corrected chi connectivity index (χ2v) is 4.96. The topological polar surface area (TPSA) is 60.4 Å². The van der Waals surface area contributed by atoms with Crippen LogP contribution in [0.5, 0.6) is 0 Å². The molecule has 2 aromatic carbocycles. The van der Waals surface area contributed by atoms with Crippen LogP contribution in [-0.4, -0.2) is 11.6 Å². The van der Waals surface area contributed by atoms with Crippen LogP contribution < -0.4 is 0 Å². The molecule has 4 nitrogen and oxygen atoms in total. The second-order valence-electron chi connectivity index (χ2n) is 4.96. The highest BCUT2D eigenvalue weighted by Gasteiger charge is 2.26. The van der Waals surface area contributed by atoms with E-state index in [1.54, 1.807) is 24.3 Å². The largest absolute Gasteiger partial charge is 0.459 e. The monoisotopic (exact) mass is 290 g/mol. The average Bonchev–Trinajstić information content (AvgIpc) is 3.17. The predicted octanol–water partition coefficient (Wildman–Crippen LogP) is 4.24. The molecule has 2 heterocycles. The van der Waals surface area contributed by atoms with Gasteiger partial charge in [-0.1, -0.05) is 42.5 Å². The van der Waals surface area contributed by atoms with Gasteiger partial charge in [0.25, 0.3) is 11.6 Å². The molecule has 0 spiro atoms. The Morgan fingerprint density at radius 2 is 1.55 bits per heavy atom. The number of carbonyl (C=O) groups is 2. The number of rotatable bonds is 3. The van der Waals surface area contributed by atoms with Gasteiger partial charge in [0.1, 0.15) is 5.58 Å². The van der Waals surface area contributed by atoms with Crippen molar-refractivity contribution in [2.24, 2.45) is 0 Å². The second kappa shape index (κ2) is 4.70. The molecule has 0 unspecified atom stereocenters. The molecule has 106 valence electrons. The SMILES string of the molecule is O=C(C(=O)c1occ2ccccc12)c1cc2ccccc2o1. The minimum absolute atomic E-state index is 0.0201. The summed E-state index contributed by atoms with van der Waals surface area (Å²) < 4.78 is 10.7. The first kappa shape index (κ1) is 12.6. The fourth-order valence-corrected chi connectivity index (χ4v) is 2.48. The third-order valence-electron chi connectivity index (χ3n) is 3.57. The zero-order valence-corrected chi connectivity index (χ0v) is 11.4. The van der Waals surface area contributed by atoms with Gasteiger partial charge in [0.2, 0.25) is 0 Å². The number of benzene rings is 2. The molecule has 2 aromatic heterocycles. The molecule has 0 radical (unpaired) electrons. The minimum atomic E-state index is -0.712. The first-order valence-electron chi connectivity index (χ1n) is 6.78. The number of hydrogen-bond acceptors (Lipinski definition) is 4. The predicted molar refractivity (Wildman–Crippen MR) is 81.1 cm³/mol. The van der Waals surface area contributed by atoms with Crippen molar-refractivity contribution < 1.29 is 18.4 Å². The van der Waals surface area contributed by atoms with E-state index in [0.29, 0.717) is 11.0 Å². The van der Waals surface area contributed by atoms with E-state index in [0.717, 1.165) is 10.8 Å². The van der Waals surface area contributed by atoms with E-state index in [4.69, 9.17) is 8.83 Å². The van der Waals surface area contributed by atoms with Gasteiger partial charge in [-0.25, -0.2) is 0 Å². The molecule has 0 N–H and O–H groups in total. The first-order chi connectivity index (χ1) is 10.7. The van der Waals surface area contributed by atoms with Crippen LogP contribution in [0.15, 0.2) is 69.7 Å². The van der Waals surface area contributed by atoms with Crippen molar-refractivity contribution in [3.05, 3.63) is 72.4 Å². The van der Waals surface area contributed by atoms with E-state index in [-0.39, 0.29) is 11.5 Å². The molecule has 4 rings (SSSR count). The lowest BCUT2D eigenvalue weighted by atomic mass is 10.1. The Morgan fingerprint density at radius 1 is 0.818 bits per heavy atom. The maximum Gasteiger partial charge on any atom is 0.272 e. The average molecular weight is 290 g/mol. The molecule has 0 saturated heterocycles. The fraction of sp³-hybridized carbons (Fsp3) is 0. The minimum Gasteiger partial charge on any atom is -0.459 e. The molecule has 0 aliphatic rings. The van der Waals surface area contributed by atoms with Crippen molar-refractivity contribution in [2.75, 3.05) is 0 Å². The number of furan rings is 2. The van der Waals surface area contributed by atoms with E-state index in [2.05, 4.69) is 0 Å². The summed E-state index contributed by atoms with van der Waals surface area (Å²) in [6, 6.07) is 16.0. The van der Waals surface area contributed by atoms with Gasteiger partial charge in [-0.2, -0.15) is 0 Å². The third kappa shape index (κ3) is 1.85. The van der Waals surface area contributed by atoms with Crippen LogP contribution in [0.4, 0.5) is 0 Å². The number of Topliss-reactive ketones (excluding diaryl/α,β-unsaturated/α-hetero) is 2. The van der Waals surface area contributed by atoms with E-state index in [9.17, 15) is 9.59 Å². The highest BCUT2D eigenvalue weighted by Crippen LogP contribution is 2.24. The summed E-state index contributed by atoms with van der Waals surface area (Å²) in [6.45, 7) is 0. The standard InChI is InChI=1S/C18H10O4/c19-16(15-9-11-5-2-4-8-14(11)22-15)17(20)18-13-7-3-1-6-12(13)10-21-18/h1-10H. The zero-order chi connectivity index (χ0) is 15.1. The molecule has 0 bridgehead atoms. The molecule has 0 aliphatic heterocycles. The van der Waals surface area contributed by atoms with Gasteiger partial charge < -0.3 is 8.83 Å². The lowest BCUT2D eigenvalue weighted by molar-refractivity contribution is 0.0788. The van der Waals surface area contributed by atoms with Crippen LogP contribution in [0, 0.1) is 0 Å². The summed E-state index contributed by atoms with van der Waals surface area (Å²) in [7, 11) is 0. The molecule has 0 saturated carbocycles. The summed E-state index contributed by atoms with van der Waals surface area (Å²) in [5.41, 5.74) is 0.572. The molecule has 4 heteroatoms. The quantitative estimate of drug-likeness (QED) is 0.418. The van der Waals surface area contributed by atoms with Crippen LogP contribution in [-0.2, 0) is 0 Å². The number of fused-ring (bicyclic) bond motifs is 2. The van der Waals surface area contributed by atoms with E-state index in [1.165, 1.54) is 6.26 Å². The third-order valence-corrected chi connectivity index (χ3v) is 3.57. The van der Waals surface area contributed by atoms with Crippen LogP contribution >= 0.6 is 0 Å². The van der Waals surface area contributed by atoms with Crippen molar-refractivity contribution in [1.82, 2.24) is 0 Å². The van der Waals surface area contributed by atoms with E-state index in [1.807, 2.05) is 30.3 Å². The number of para-hydroxylation sites is 1. The smallest absolute Gasteiger partial charge is 0.272 e. The Bertz CT molecular complexity index is 987. The van der Waals surface area contributed by atoms with Gasteiger partial charge in [-0.05, 0) is 12.1 Å². The Hall–Kier alpha value is -3.14.